The lowest BCUT2D eigenvalue weighted by molar-refractivity contribution is 0.00729. The normalized spacial score (nSPS) is 21.9. The Morgan fingerprint density at radius 1 is 1.06 bits per heavy atom. The predicted molar refractivity (Wildman–Crippen MR) is 125 cm³/mol. The third-order valence-corrected chi connectivity index (χ3v) is 7.10. The number of ether oxygens (including phenoxy) is 1. The summed E-state index contributed by atoms with van der Waals surface area (Å²) in [5, 5.41) is 3.16. The van der Waals surface area contributed by atoms with Gasteiger partial charge >= 0.3 is 0 Å². The van der Waals surface area contributed by atoms with E-state index < -0.39 is 5.91 Å². The number of halogens is 2. The molecule has 1 aliphatic heterocycles. The van der Waals surface area contributed by atoms with E-state index in [1.807, 2.05) is 13.0 Å². The molecule has 1 aliphatic carbocycles. The quantitative estimate of drug-likeness (QED) is 0.559. The third kappa shape index (κ3) is 4.66. The molecule has 2 aromatic carbocycles. The highest BCUT2D eigenvalue weighted by Gasteiger charge is 2.28. The van der Waals surface area contributed by atoms with Crippen LogP contribution in [-0.4, -0.2) is 48.1 Å². The Hall–Kier alpha value is -2.77. The number of nitrogens with zero attached hydrogens (tertiary/aromatic N) is 1. The molecule has 1 aromatic heterocycles. The molecule has 1 saturated carbocycles. The molecule has 5 nitrogen and oxygen atoms in total. The van der Waals surface area contributed by atoms with Crippen LogP contribution in [0.1, 0.15) is 53.2 Å². The molecule has 33 heavy (non-hydrogen) atoms. The molecule has 2 heterocycles. The number of aromatic amines is 1. The molecule has 2 fully saturated rings. The highest BCUT2D eigenvalue weighted by Crippen LogP contribution is 2.36. The molecule has 5 rings (SSSR count). The number of morpholine rings is 1. The van der Waals surface area contributed by atoms with E-state index in [1.54, 1.807) is 12.1 Å². The number of nitrogens with one attached hydrogen (secondary N) is 2. The van der Waals surface area contributed by atoms with E-state index >= 15 is 0 Å². The zero-order chi connectivity index (χ0) is 22.9. The van der Waals surface area contributed by atoms with Crippen molar-refractivity contribution in [3.05, 3.63) is 64.9 Å². The van der Waals surface area contributed by atoms with Gasteiger partial charge < -0.3 is 15.0 Å². The fraction of sp³-hybridized carbons (Fsp3) is 0.423. The van der Waals surface area contributed by atoms with Crippen molar-refractivity contribution in [1.29, 1.82) is 0 Å². The second-order valence-corrected chi connectivity index (χ2v) is 9.22. The van der Waals surface area contributed by atoms with Crippen LogP contribution in [0.4, 0.5) is 14.5 Å². The number of carbonyl (C=O) groups excluding carboxylic acids is 1. The molecule has 3 aromatic rings. The van der Waals surface area contributed by atoms with Gasteiger partial charge in [-0.1, -0.05) is 6.07 Å². The second kappa shape index (κ2) is 9.23. The second-order valence-electron chi connectivity index (χ2n) is 9.22. The van der Waals surface area contributed by atoms with Crippen LogP contribution in [0.25, 0.3) is 10.9 Å². The number of aromatic nitrogens is 1. The molecular formula is C26H29F2N3O2. The summed E-state index contributed by atoms with van der Waals surface area (Å²) < 4.78 is 34.0. The Labute approximate surface area is 192 Å². The number of aryl methyl sites for hydroxylation is 1. The van der Waals surface area contributed by atoms with Crippen LogP contribution in [0, 0.1) is 18.6 Å². The van der Waals surface area contributed by atoms with E-state index in [9.17, 15) is 13.6 Å². The van der Waals surface area contributed by atoms with Crippen molar-refractivity contribution < 1.29 is 18.3 Å². The molecule has 0 unspecified atom stereocenters. The standard InChI is InChI=1S/C26H29F2N3O2/c1-16-2-7-23(28)22-15-24(30-25(16)22)26(32)29-20-13-18(12-19(27)14-20)17-3-5-21(6-4-17)31-8-10-33-11-9-31/h2,7,12-15,17,21,30H,3-6,8-11H2,1H3,(H,29,32)/t17-,21-. The first-order chi connectivity index (χ1) is 16.0. The van der Waals surface area contributed by atoms with Crippen LogP contribution in [0.3, 0.4) is 0 Å². The smallest absolute Gasteiger partial charge is 0.272 e. The fourth-order valence-electron chi connectivity index (χ4n) is 5.28. The van der Waals surface area contributed by atoms with Gasteiger partial charge in [0.15, 0.2) is 0 Å². The van der Waals surface area contributed by atoms with Crippen LogP contribution in [0.15, 0.2) is 36.4 Å². The summed E-state index contributed by atoms with van der Waals surface area (Å²) in [6.45, 7) is 5.43. The number of amides is 1. The number of hydrogen-bond acceptors (Lipinski definition) is 3. The van der Waals surface area contributed by atoms with Crippen LogP contribution >= 0.6 is 0 Å². The zero-order valence-electron chi connectivity index (χ0n) is 18.8. The van der Waals surface area contributed by atoms with Gasteiger partial charge in [-0.05, 0) is 80.0 Å². The number of rotatable bonds is 4. The Balaban J connectivity index is 1.29. The summed E-state index contributed by atoms with van der Waals surface area (Å²) in [6, 6.07) is 9.91. The number of benzene rings is 2. The van der Waals surface area contributed by atoms with E-state index in [2.05, 4.69) is 15.2 Å². The number of hydrogen-bond donors (Lipinski definition) is 2. The minimum Gasteiger partial charge on any atom is -0.379 e. The fourth-order valence-corrected chi connectivity index (χ4v) is 5.28. The summed E-state index contributed by atoms with van der Waals surface area (Å²) in [6.07, 6.45) is 4.17. The number of fused-ring (bicyclic) bond motifs is 1. The summed E-state index contributed by atoms with van der Waals surface area (Å²) in [5.74, 6) is -0.890. The third-order valence-electron chi connectivity index (χ3n) is 7.10. The molecule has 0 spiro atoms. The topological polar surface area (TPSA) is 57.4 Å². The maximum Gasteiger partial charge on any atom is 0.272 e. The van der Waals surface area contributed by atoms with Crippen molar-refractivity contribution in [2.45, 2.75) is 44.6 Å². The summed E-state index contributed by atoms with van der Waals surface area (Å²) in [5.41, 5.74) is 3.03. The minimum atomic E-state index is -0.419. The Bertz CT molecular complexity index is 1120. The summed E-state index contributed by atoms with van der Waals surface area (Å²) in [7, 11) is 0. The van der Waals surface area contributed by atoms with E-state index in [-0.39, 0.29) is 23.2 Å². The molecule has 174 valence electrons. The van der Waals surface area contributed by atoms with Crippen LogP contribution in [-0.2, 0) is 4.74 Å². The highest BCUT2D eigenvalue weighted by atomic mass is 19.1. The molecule has 7 heteroatoms. The monoisotopic (exact) mass is 453 g/mol. The first-order valence-corrected chi connectivity index (χ1v) is 11.7. The largest absolute Gasteiger partial charge is 0.379 e. The molecule has 0 radical (unpaired) electrons. The molecule has 0 bridgehead atoms. The van der Waals surface area contributed by atoms with Crippen LogP contribution < -0.4 is 5.32 Å². The average Bonchev–Trinajstić information content (AvgIpc) is 3.29. The lowest BCUT2D eigenvalue weighted by Crippen LogP contribution is -2.44. The van der Waals surface area contributed by atoms with Crippen molar-refractivity contribution in [3.8, 4) is 0 Å². The van der Waals surface area contributed by atoms with Gasteiger partial charge in [0, 0.05) is 30.2 Å². The van der Waals surface area contributed by atoms with Gasteiger partial charge in [-0.2, -0.15) is 0 Å². The van der Waals surface area contributed by atoms with Crippen molar-refractivity contribution >= 4 is 22.5 Å². The Morgan fingerprint density at radius 3 is 2.55 bits per heavy atom. The van der Waals surface area contributed by atoms with Crippen molar-refractivity contribution in [2.24, 2.45) is 0 Å². The molecule has 0 atom stereocenters. The van der Waals surface area contributed by atoms with E-state index in [4.69, 9.17) is 4.74 Å². The van der Waals surface area contributed by atoms with E-state index in [1.165, 1.54) is 18.2 Å². The van der Waals surface area contributed by atoms with Gasteiger partial charge in [0.05, 0.1) is 18.7 Å². The SMILES string of the molecule is Cc1ccc(F)c2cc(C(=O)Nc3cc(F)cc([C@H]4CC[C@H](N5CCOCC5)CC4)c3)[nH]c12. The van der Waals surface area contributed by atoms with E-state index in [0.717, 1.165) is 63.1 Å². The first kappa shape index (κ1) is 22.0. The van der Waals surface area contributed by atoms with Gasteiger partial charge in [0.2, 0.25) is 0 Å². The van der Waals surface area contributed by atoms with Crippen LogP contribution in [0.5, 0.6) is 0 Å². The van der Waals surface area contributed by atoms with Crippen molar-refractivity contribution in [1.82, 2.24) is 9.88 Å². The maximum atomic E-state index is 14.4. The minimum absolute atomic E-state index is 0.245. The zero-order valence-corrected chi connectivity index (χ0v) is 18.8. The first-order valence-electron chi connectivity index (χ1n) is 11.7. The Morgan fingerprint density at radius 2 is 1.82 bits per heavy atom. The van der Waals surface area contributed by atoms with Crippen molar-refractivity contribution in [3.63, 3.8) is 0 Å². The molecular weight excluding hydrogens is 424 g/mol. The highest BCUT2D eigenvalue weighted by molar-refractivity contribution is 6.06. The Kier molecular flexibility index (Phi) is 6.17. The lowest BCUT2D eigenvalue weighted by Gasteiger charge is -2.39. The molecule has 2 aliphatic rings. The van der Waals surface area contributed by atoms with Gasteiger partial charge in [-0.25, -0.2) is 8.78 Å². The number of H-pyrrole nitrogens is 1. The lowest BCUT2D eigenvalue weighted by atomic mass is 9.81. The van der Waals surface area contributed by atoms with Gasteiger partial charge in [-0.3, -0.25) is 9.69 Å². The van der Waals surface area contributed by atoms with E-state index in [0.29, 0.717) is 22.6 Å². The maximum absolute atomic E-state index is 14.4. The molecule has 1 amide bonds. The summed E-state index contributed by atoms with van der Waals surface area (Å²) >= 11 is 0. The van der Waals surface area contributed by atoms with Gasteiger partial charge in [-0.15, -0.1) is 0 Å². The van der Waals surface area contributed by atoms with Gasteiger partial charge in [0.1, 0.15) is 17.3 Å². The van der Waals surface area contributed by atoms with Crippen molar-refractivity contribution in [2.75, 3.05) is 31.6 Å². The molecule has 2 N–H and O–H groups in total. The number of anilines is 1. The van der Waals surface area contributed by atoms with Gasteiger partial charge in [0.25, 0.3) is 5.91 Å². The number of carbonyl (C=O) groups is 1. The predicted octanol–water partition coefficient (Wildman–Crippen LogP) is 5.37. The van der Waals surface area contributed by atoms with Crippen LogP contribution in [0.2, 0.25) is 0 Å². The summed E-state index contributed by atoms with van der Waals surface area (Å²) in [4.78, 5) is 18.3. The average molecular weight is 454 g/mol. The molecule has 1 saturated heterocycles.